The van der Waals surface area contributed by atoms with Gasteiger partial charge in [-0.3, -0.25) is 9.59 Å². The molecule has 4 aliphatic carbocycles. The summed E-state index contributed by atoms with van der Waals surface area (Å²) in [4.78, 5) is 24.6. The molecular weight excluding hydrogens is 318 g/mol. The normalized spacial score (nSPS) is 32.9. The summed E-state index contributed by atoms with van der Waals surface area (Å²) in [5, 5.41) is 12.8. The summed E-state index contributed by atoms with van der Waals surface area (Å²) in [6.45, 7) is 0. The number of nitrogens with one attached hydrogen (secondary N) is 1. The molecule has 5 heteroatoms. The van der Waals surface area contributed by atoms with Gasteiger partial charge in [-0.15, -0.1) is 0 Å². The van der Waals surface area contributed by atoms with E-state index in [-0.39, 0.29) is 17.4 Å². The molecule has 0 radical (unpaired) electrons. The number of carbonyl (C=O) groups excluding carboxylic acids is 1. The molecule has 1 amide bonds. The zero-order chi connectivity index (χ0) is 17.7. The van der Waals surface area contributed by atoms with Gasteiger partial charge >= 0.3 is 5.97 Å². The molecule has 0 saturated heterocycles. The first-order chi connectivity index (χ1) is 12.0. The van der Waals surface area contributed by atoms with E-state index in [2.05, 4.69) is 11.4 Å². The molecule has 5 nitrogen and oxygen atoms in total. The fourth-order valence-corrected chi connectivity index (χ4v) is 5.10. The highest BCUT2D eigenvalue weighted by Crippen LogP contribution is 2.57. The van der Waals surface area contributed by atoms with Crippen LogP contribution in [0.3, 0.4) is 0 Å². The van der Waals surface area contributed by atoms with Crippen molar-refractivity contribution in [2.24, 2.45) is 10.8 Å². The molecule has 25 heavy (non-hydrogen) atoms. The van der Waals surface area contributed by atoms with Crippen molar-refractivity contribution in [3.05, 3.63) is 29.3 Å². The molecule has 1 aromatic rings. The number of carboxylic acid groups (broad SMARTS) is 1. The van der Waals surface area contributed by atoms with Crippen molar-refractivity contribution < 1.29 is 19.4 Å². The Morgan fingerprint density at radius 2 is 1.72 bits per heavy atom. The largest absolute Gasteiger partial charge is 0.496 e. The molecular formula is C20H25NO4. The standard InChI is InChI=1S/C20H25NO4/c1-25-16-4-2-3-13-11-14(12-15(13)16)21-17(22)19-5-8-20(9-6-19,10-7-19)18(23)24/h2-4,14H,5-12H2,1H3,(H,21,22)(H,23,24). The van der Waals surface area contributed by atoms with Gasteiger partial charge in [0.05, 0.1) is 12.5 Å². The lowest BCUT2D eigenvalue weighted by molar-refractivity contribution is -0.163. The van der Waals surface area contributed by atoms with E-state index in [1.165, 1.54) is 11.1 Å². The molecule has 0 heterocycles. The molecule has 1 unspecified atom stereocenters. The molecule has 1 aromatic carbocycles. The van der Waals surface area contributed by atoms with E-state index in [4.69, 9.17) is 4.74 Å². The van der Waals surface area contributed by atoms with Gasteiger partial charge < -0.3 is 15.2 Å². The Balaban J connectivity index is 1.44. The van der Waals surface area contributed by atoms with Crippen LogP contribution in [0.2, 0.25) is 0 Å². The zero-order valence-electron chi connectivity index (χ0n) is 14.6. The molecule has 1 atom stereocenters. The predicted molar refractivity (Wildman–Crippen MR) is 92.5 cm³/mol. The lowest BCUT2D eigenvalue weighted by Crippen LogP contribution is -2.54. The van der Waals surface area contributed by atoms with Crippen molar-refractivity contribution in [3.8, 4) is 5.75 Å². The Kier molecular flexibility index (Phi) is 3.78. The van der Waals surface area contributed by atoms with E-state index < -0.39 is 11.4 Å². The van der Waals surface area contributed by atoms with Crippen LogP contribution in [-0.4, -0.2) is 30.1 Å². The quantitative estimate of drug-likeness (QED) is 0.881. The zero-order valence-corrected chi connectivity index (χ0v) is 14.6. The summed E-state index contributed by atoms with van der Waals surface area (Å²) < 4.78 is 5.44. The number of carboxylic acids is 1. The Morgan fingerprint density at radius 1 is 1.08 bits per heavy atom. The number of rotatable bonds is 4. The third-order valence-corrected chi connectivity index (χ3v) is 6.88. The van der Waals surface area contributed by atoms with E-state index in [1.807, 2.05) is 12.1 Å². The predicted octanol–water partition coefficient (Wildman–Crippen LogP) is 2.70. The van der Waals surface area contributed by atoms with Gasteiger partial charge in [-0.25, -0.2) is 0 Å². The summed E-state index contributed by atoms with van der Waals surface area (Å²) in [5.74, 6) is 0.344. The Morgan fingerprint density at radius 3 is 2.32 bits per heavy atom. The number of hydrogen-bond acceptors (Lipinski definition) is 3. The third-order valence-electron chi connectivity index (χ3n) is 6.88. The second-order valence-corrected chi connectivity index (χ2v) is 8.04. The minimum Gasteiger partial charge on any atom is -0.496 e. The van der Waals surface area contributed by atoms with Crippen molar-refractivity contribution in [3.63, 3.8) is 0 Å². The maximum Gasteiger partial charge on any atom is 0.309 e. The van der Waals surface area contributed by atoms with Gasteiger partial charge in [0.25, 0.3) is 0 Å². The minimum atomic E-state index is -0.681. The van der Waals surface area contributed by atoms with Gasteiger partial charge in [0, 0.05) is 11.5 Å². The summed E-state index contributed by atoms with van der Waals surface area (Å²) in [5.41, 5.74) is 1.53. The summed E-state index contributed by atoms with van der Waals surface area (Å²) in [7, 11) is 1.68. The van der Waals surface area contributed by atoms with Gasteiger partial charge in [-0.05, 0) is 68.6 Å². The van der Waals surface area contributed by atoms with E-state index in [1.54, 1.807) is 7.11 Å². The first-order valence-electron chi connectivity index (χ1n) is 9.17. The molecule has 0 spiro atoms. The van der Waals surface area contributed by atoms with Crippen molar-refractivity contribution in [1.29, 1.82) is 0 Å². The Bertz CT molecular complexity index is 702. The van der Waals surface area contributed by atoms with Crippen LogP contribution in [0.1, 0.15) is 49.7 Å². The van der Waals surface area contributed by atoms with E-state index in [0.29, 0.717) is 38.5 Å². The molecule has 4 aliphatic rings. The molecule has 134 valence electrons. The van der Waals surface area contributed by atoms with Crippen LogP contribution in [0.5, 0.6) is 5.75 Å². The number of aliphatic carboxylic acids is 1. The van der Waals surface area contributed by atoms with Gasteiger partial charge in [-0.2, -0.15) is 0 Å². The van der Waals surface area contributed by atoms with Crippen LogP contribution in [0, 0.1) is 10.8 Å². The van der Waals surface area contributed by atoms with Crippen LogP contribution < -0.4 is 10.1 Å². The highest BCUT2D eigenvalue weighted by atomic mass is 16.5. The second-order valence-electron chi connectivity index (χ2n) is 8.04. The molecule has 3 saturated carbocycles. The fourth-order valence-electron chi connectivity index (χ4n) is 5.10. The molecule has 2 bridgehead atoms. The van der Waals surface area contributed by atoms with Gasteiger partial charge in [0.1, 0.15) is 5.75 Å². The number of methoxy groups -OCH3 is 1. The van der Waals surface area contributed by atoms with Crippen LogP contribution in [0.4, 0.5) is 0 Å². The maximum absolute atomic E-state index is 13.0. The first kappa shape index (κ1) is 16.4. The SMILES string of the molecule is COc1cccc2c1CC(NC(=O)C13CCC(C(=O)O)(CC1)CC3)C2. The first-order valence-corrected chi connectivity index (χ1v) is 9.17. The number of fused-ring (bicyclic) bond motifs is 4. The van der Waals surface area contributed by atoms with Gasteiger partial charge in [0.2, 0.25) is 5.91 Å². The van der Waals surface area contributed by atoms with Crippen molar-refractivity contribution >= 4 is 11.9 Å². The highest BCUT2D eigenvalue weighted by molar-refractivity contribution is 5.85. The van der Waals surface area contributed by atoms with E-state index >= 15 is 0 Å². The maximum atomic E-state index is 13.0. The van der Waals surface area contributed by atoms with Crippen molar-refractivity contribution in [2.45, 2.75) is 57.4 Å². The van der Waals surface area contributed by atoms with E-state index in [9.17, 15) is 14.7 Å². The summed E-state index contributed by atoms with van der Waals surface area (Å²) >= 11 is 0. The number of ether oxygens (including phenoxy) is 1. The van der Waals surface area contributed by atoms with Crippen LogP contribution in [0.25, 0.3) is 0 Å². The topological polar surface area (TPSA) is 75.6 Å². The average molecular weight is 343 g/mol. The van der Waals surface area contributed by atoms with Gasteiger partial charge in [-0.1, -0.05) is 12.1 Å². The molecule has 0 aliphatic heterocycles. The Labute approximate surface area is 147 Å². The monoisotopic (exact) mass is 343 g/mol. The summed E-state index contributed by atoms with van der Waals surface area (Å²) in [6, 6.07) is 6.18. The average Bonchev–Trinajstić information content (AvgIpc) is 3.05. The number of carbonyl (C=O) groups is 2. The van der Waals surface area contributed by atoms with Crippen LogP contribution in [0.15, 0.2) is 18.2 Å². The Hall–Kier alpha value is -2.04. The van der Waals surface area contributed by atoms with Crippen LogP contribution >= 0.6 is 0 Å². The lowest BCUT2D eigenvalue weighted by atomic mass is 9.53. The highest BCUT2D eigenvalue weighted by Gasteiger charge is 2.55. The van der Waals surface area contributed by atoms with Crippen LogP contribution in [-0.2, 0) is 22.4 Å². The molecule has 5 rings (SSSR count). The van der Waals surface area contributed by atoms with Gasteiger partial charge in [0.15, 0.2) is 0 Å². The fraction of sp³-hybridized carbons (Fsp3) is 0.600. The molecule has 0 aromatic heterocycles. The van der Waals surface area contributed by atoms with E-state index in [0.717, 1.165) is 18.6 Å². The number of amides is 1. The third kappa shape index (κ3) is 2.52. The number of hydrogen-bond donors (Lipinski definition) is 2. The minimum absolute atomic E-state index is 0.112. The number of benzene rings is 1. The lowest BCUT2D eigenvalue weighted by Gasteiger charge is -2.50. The smallest absolute Gasteiger partial charge is 0.309 e. The van der Waals surface area contributed by atoms with Crippen molar-refractivity contribution in [1.82, 2.24) is 5.32 Å². The molecule has 2 N–H and O–H groups in total. The second kappa shape index (κ2) is 5.75. The molecule has 3 fully saturated rings. The van der Waals surface area contributed by atoms with Crippen molar-refractivity contribution in [2.75, 3.05) is 7.11 Å². The summed E-state index contributed by atoms with van der Waals surface area (Å²) in [6.07, 6.45) is 5.65.